The molecule has 2 N–H and O–H groups in total. The molecular weight excluding hydrogens is 122 g/mol. The fraction of sp³-hybridized carbons (Fsp3) is 1.00. The fourth-order valence-electron chi connectivity index (χ4n) is 0.522. The Hall–Kier alpha value is 0.250. The van der Waals surface area contributed by atoms with Gasteiger partial charge >= 0.3 is 0 Å². The van der Waals surface area contributed by atoms with Gasteiger partial charge in [0.05, 0.1) is 0 Å². The fourth-order valence-corrected chi connectivity index (χ4v) is 0.656. The SMILES string of the molecule is CC(C)(Cl)CCCN. The second-order valence-electron chi connectivity index (χ2n) is 2.61. The molecule has 0 aromatic carbocycles. The monoisotopic (exact) mass is 135 g/mol. The molecule has 0 saturated carbocycles. The number of nitrogens with two attached hydrogens (primary N) is 1. The van der Waals surface area contributed by atoms with E-state index in [1.807, 2.05) is 13.8 Å². The highest BCUT2D eigenvalue weighted by Crippen LogP contribution is 2.18. The summed E-state index contributed by atoms with van der Waals surface area (Å²) in [6.45, 7) is 4.75. The Morgan fingerprint density at radius 1 is 1.50 bits per heavy atom. The Balaban J connectivity index is 3.11. The lowest BCUT2D eigenvalue weighted by molar-refractivity contribution is 0.597. The van der Waals surface area contributed by atoms with Crippen molar-refractivity contribution in [1.82, 2.24) is 0 Å². The molecule has 0 fully saturated rings. The second-order valence-corrected chi connectivity index (χ2v) is 3.63. The molecule has 8 heavy (non-hydrogen) atoms. The summed E-state index contributed by atoms with van der Waals surface area (Å²) in [6, 6.07) is 0. The molecule has 0 saturated heterocycles. The summed E-state index contributed by atoms with van der Waals surface area (Å²) in [6.07, 6.45) is 2.03. The van der Waals surface area contributed by atoms with Gasteiger partial charge < -0.3 is 5.73 Å². The molecular formula is C6H14ClN. The molecule has 0 amide bonds. The molecule has 0 aliphatic carbocycles. The van der Waals surface area contributed by atoms with Gasteiger partial charge in [-0.25, -0.2) is 0 Å². The summed E-state index contributed by atoms with van der Waals surface area (Å²) in [5, 5.41) is 0. The average Bonchev–Trinajstić information content (AvgIpc) is 1.59. The van der Waals surface area contributed by atoms with E-state index in [2.05, 4.69) is 0 Å². The maximum absolute atomic E-state index is 5.86. The lowest BCUT2D eigenvalue weighted by Crippen LogP contribution is -2.12. The molecule has 0 aliphatic rings. The van der Waals surface area contributed by atoms with E-state index in [-0.39, 0.29) is 4.87 Å². The number of hydrogen-bond donors (Lipinski definition) is 1. The standard InChI is InChI=1S/C6H14ClN/c1-6(2,7)4-3-5-8/h3-5,8H2,1-2H3. The Kier molecular flexibility index (Phi) is 3.41. The van der Waals surface area contributed by atoms with Crippen LogP contribution >= 0.6 is 11.6 Å². The largest absolute Gasteiger partial charge is 0.330 e. The lowest BCUT2D eigenvalue weighted by Gasteiger charge is -2.13. The van der Waals surface area contributed by atoms with E-state index in [0.717, 1.165) is 19.4 Å². The molecule has 0 radical (unpaired) electrons. The first-order valence-corrected chi connectivity index (χ1v) is 3.33. The van der Waals surface area contributed by atoms with Gasteiger partial charge in [0.15, 0.2) is 0 Å². The quantitative estimate of drug-likeness (QED) is 0.587. The minimum absolute atomic E-state index is 0.0562. The Bertz CT molecular complexity index is 56.0. The van der Waals surface area contributed by atoms with Crippen LogP contribution in [0.1, 0.15) is 26.7 Å². The minimum atomic E-state index is -0.0562. The Morgan fingerprint density at radius 3 is 2.12 bits per heavy atom. The van der Waals surface area contributed by atoms with Crippen LogP contribution in [0.2, 0.25) is 0 Å². The molecule has 2 heteroatoms. The van der Waals surface area contributed by atoms with Crippen LogP contribution in [0.3, 0.4) is 0 Å². The molecule has 0 bridgehead atoms. The maximum Gasteiger partial charge on any atom is 0.0391 e. The van der Waals surface area contributed by atoms with Crippen molar-refractivity contribution in [2.24, 2.45) is 5.73 Å². The highest BCUT2D eigenvalue weighted by Gasteiger charge is 2.10. The number of rotatable bonds is 3. The normalized spacial score (nSPS) is 12.0. The van der Waals surface area contributed by atoms with Crippen molar-refractivity contribution >= 4 is 11.6 Å². The van der Waals surface area contributed by atoms with Crippen LogP contribution < -0.4 is 5.73 Å². The van der Waals surface area contributed by atoms with Crippen LogP contribution in [0.15, 0.2) is 0 Å². The molecule has 0 heterocycles. The number of alkyl halides is 1. The van der Waals surface area contributed by atoms with Gasteiger partial charge in [-0.2, -0.15) is 0 Å². The predicted octanol–water partition coefficient (Wildman–Crippen LogP) is 1.74. The van der Waals surface area contributed by atoms with Gasteiger partial charge in [-0.1, -0.05) is 0 Å². The Morgan fingerprint density at radius 2 is 2.00 bits per heavy atom. The van der Waals surface area contributed by atoms with E-state index in [0.29, 0.717) is 0 Å². The zero-order valence-corrected chi connectivity index (χ0v) is 6.33. The van der Waals surface area contributed by atoms with Crippen molar-refractivity contribution in [2.75, 3.05) is 6.54 Å². The number of halogens is 1. The summed E-state index contributed by atoms with van der Waals surface area (Å²) < 4.78 is 0. The summed E-state index contributed by atoms with van der Waals surface area (Å²) in [5.41, 5.74) is 5.28. The van der Waals surface area contributed by atoms with E-state index in [1.165, 1.54) is 0 Å². The smallest absolute Gasteiger partial charge is 0.0391 e. The molecule has 1 nitrogen and oxygen atoms in total. The third-order valence-electron chi connectivity index (χ3n) is 0.975. The first kappa shape index (κ1) is 8.25. The lowest BCUT2D eigenvalue weighted by atomic mass is 10.1. The van der Waals surface area contributed by atoms with Crippen molar-refractivity contribution in [1.29, 1.82) is 0 Å². The van der Waals surface area contributed by atoms with Gasteiger partial charge in [0.25, 0.3) is 0 Å². The topological polar surface area (TPSA) is 26.0 Å². The summed E-state index contributed by atoms with van der Waals surface area (Å²) >= 11 is 5.86. The molecule has 0 aromatic rings. The zero-order valence-electron chi connectivity index (χ0n) is 5.58. The molecule has 0 spiro atoms. The van der Waals surface area contributed by atoms with E-state index >= 15 is 0 Å². The highest BCUT2D eigenvalue weighted by atomic mass is 35.5. The molecule has 50 valence electrons. The van der Waals surface area contributed by atoms with Crippen molar-refractivity contribution in [3.63, 3.8) is 0 Å². The average molecular weight is 136 g/mol. The molecule has 0 aliphatic heterocycles. The van der Waals surface area contributed by atoms with Crippen LogP contribution in [0.25, 0.3) is 0 Å². The van der Waals surface area contributed by atoms with E-state index < -0.39 is 0 Å². The summed E-state index contributed by atoms with van der Waals surface area (Å²) in [7, 11) is 0. The van der Waals surface area contributed by atoms with Crippen LogP contribution in [-0.2, 0) is 0 Å². The third-order valence-corrected chi connectivity index (χ3v) is 1.16. The van der Waals surface area contributed by atoms with E-state index in [4.69, 9.17) is 17.3 Å². The first-order valence-electron chi connectivity index (χ1n) is 2.95. The molecule has 0 atom stereocenters. The van der Waals surface area contributed by atoms with Gasteiger partial charge in [-0.05, 0) is 33.2 Å². The van der Waals surface area contributed by atoms with Gasteiger partial charge in [0.1, 0.15) is 0 Å². The predicted molar refractivity (Wildman–Crippen MR) is 38.2 cm³/mol. The number of hydrogen-bond acceptors (Lipinski definition) is 1. The van der Waals surface area contributed by atoms with Crippen LogP contribution in [0, 0.1) is 0 Å². The van der Waals surface area contributed by atoms with Crippen molar-refractivity contribution in [3.8, 4) is 0 Å². The van der Waals surface area contributed by atoms with Crippen molar-refractivity contribution in [3.05, 3.63) is 0 Å². The maximum atomic E-state index is 5.86. The van der Waals surface area contributed by atoms with Crippen LogP contribution in [-0.4, -0.2) is 11.4 Å². The van der Waals surface area contributed by atoms with Crippen molar-refractivity contribution < 1.29 is 0 Å². The molecule has 0 aromatic heterocycles. The van der Waals surface area contributed by atoms with Gasteiger partial charge in [0.2, 0.25) is 0 Å². The Labute approximate surface area is 56.2 Å². The van der Waals surface area contributed by atoms with E-state index in [1.54, 1.807) is 0 Å². The zero-order chi connectivity index (χ0) is 6.62. The minimum Gasteiger partial charge on any atom is -0.330 e. The van der Waals surface area contributed by atoms with Gasteiger partial charge in [0, 0.05) is 4.87 Å². The second kappa shape index (κ2) is 3.31. The van der Waals surface area contributed by atoms with Crippen LogP contribution in [0.4, 0.5) is 0 Å². The molecule has 0 unspecified atom stereocenters. The highest BCUT2D eigenvalue weighted by molar-refractivity contribution is 6.23. The summed E-state index contributed by atoms with van der Waals surface area (Å²) in [4.78, 5) is -0.0562. The van der Waals surface area contributed by atoms with E-state index in [9.17, 15) is 0 Å². The van der Waals surface area contributed by atoms with Gasteiger partial charge in [-0.15, -0.1) is 11.6 Å². The summed E-state index contributed by atoms with van der Waals surface area (Å²) in [5.74, 6) is 0. The third kappa shape index (κ3) is 6.25. The first-order chi connectivity index (χ1) is 3.56. The van der Waals surface area contributed by atoms with Crippen molar-refractivity contribution in [2.45, 2.75) is 31.6 Å². The molecule has 0 rings (SSSR count). The van der Waals surface area contributed by atoms with Gasteiger partial charge in [-0.3, -0.25) is 0 Å². The van der Waals surface area contributed by atoms with Crippen LogP contribution in [0.5, 0.6) is 0 Å².